The molecule has 39 heavy (non-hydrogen) atoms. The van der Waals surface area contributed by atoms with Crippen LogP contribution >= 0.6 is 0 Å². The Balaban J connectivity index is 2.14. The molecule has 2 atom stereocenters. The second-order valence-electron chi connectivity index (χ2n) is 9.86. The number of unbranched alkanes of at least 4 members (excludes halogenated alkanes) is 1. The van der Waals surface area contributed by atoms with E-state index in [-0.39, 0.29) is 18.9 Å². The molecule has 0 fully saturated rings. The number of likely N-dealkylation sites (N-methyl/N-ethyl adjacent to an activating group) is 1. The lowest BCUT2D eigenvalue weighted by Gasteiger charge is -2.26. The minimum atomic E-state index is -1.22. The third-order valence-electron chi connectivity index (χ3n) is 6.07. The van der Waals surface area contributed by atoms with Crippen LogP contribution in [0, 0.1) is 12.8 Å². The lowest BCUT2D eigenvalue weighted by Crippen LogP contribution is -2.55. The number of nitrogens with one attached hydrogen (secondary N) is 2. The molecule has 0 unspecified atom stereocenters. The molecule has 0 saturated carbocycles. The third kappa shape index (κ3) is 9.78. The highest BCUT2D eigenvalue weighted by Gasteiger charge is 2.30. The van der Waals surface area contributed by atoms with Crippen LogP contribution in [0.15, 0.2) is 22.7 Å². The van der Waals surface area contributed by atoms with Crippen LogP contribution in [0.1, 0.15) is 51.4 Å². The van der Waals surface area contributed by atoms with E-state index >= 15 is 0 Å². The number of carbonyl (C=O) groups excluding carboxylic acids is 3. The van der Waals surface area contributed by atoms with Gasteiger partial charge in [-0.15, -0.1) is 0 Å². The van der Waals surface area contributed by atoms with Gasteiger partial charge in [0.1, 0.15) is 11.8 Å². The van der Waals surface area contributed by atoms with Gasteiger partial charge in [-0.05, 0) is 51.1 Å². The highest BCUT2D eigenvalue weighted by atomic mass is 16.5. The van der Waals surface area contributed by atoms with Gasteiger partial charge in [-0.2, -0.15) is 4.98 Å². The summed E-state index contributed by atoms with van der Waals surface area (Å²) in [5.41, 5.74) is 1.15. The number of carboxylic acid groups (broad SMARTS) is 1. The Morgan fingerprint density at radius 2 is 1.90 bits per heavy atom. The van der Waals surface area contributed by atoms with Crippen molar-refractivity contribution in [3.05, 3.63) is 29.6 Å². The first-order valence-corrected chi connectivity index (χ1v) is 13.0. The Labute approximate surface area is 228 Å². The molecule has 0 saturated heterocycles. The molecule has 2 rings (SSSR count). The Hall–Kier alpha value is -3.80. The molecule has 1 aromatic heterocycles. The highest BCUT2D eigenvalue weighted by Crippen LogP contribution is 2.26. The molecule has 0 radical (unpaired) electrons. The molecule has 2 aromatic rings. The molecule has 0 bridgehead atoms. The van der Waals surface area contributed by atoms with Crippen LogP contribution in [0.4, 0.5) is 0 Å². The maximum absolute atomic E-state index is 13.2. The van der Waals surface area contributed by atoms with Gasteiger partial charge in [-0.25, -0.2) is 0 Å². The van der Waals surface area contributed by atoms with E-state index in [0.717, 1.165) is 12.8 Å². The number of aliphatic carboxylic acids is 1. The zero-order valence-corrected chi connectivity index (χ0v) is 23.4. The molecular weight excluding hydrogens is 506 g/mol. The largest absolute Gasteiger partial charge is 0.496 e. The first kappa shape index (κ1) is 31.4. The van der Waals surface area contributed by atoms with E-state index in [1.54, 1.807) is 50.9 Å². The fourth-order valence-electron chi connectivity index (χ4n) is 3.96. The second-order valence-corrected chi connectivity index (χ2v) is 9.86. The van der Waals surface area contributed by atoms with Crippen molar-refractivity contribution in [1.82, 2.24) is 25.7 Å². The molecule has 0 aliphatic heterocycles. The summed E-state index contributed by atoms with van der Waals surface area (Å²) in [5.74, 6) is -1.80. The SMILES string of the molecule is CCCCN(C)CC(=O)[C@H](CC(=O)O)NC(=O)[C@@H](NC(=O)Cc1cc(-c2nc(C)no2)ccc1OC)C(C)C. The average molecular weight is 546 g/mol. The Bertz CT molecular complexity index is 1150. The van der Waals surface area contributed by atoms with Crippen molar-refractivity contribution in [2.24, 2.45) is 5.92 Å². The predicted octanol–water partition coefficient (Wildman–Crippen LogP) is 2.00. The van der Waals surface area contributed by atoms with Crippen molar-refractivity contribution in [1.29, 1.82) is 0 Å². The van der Waals surface area contributed by atoms with Gasteiger partial charge in [0.25, 0.3) is 5.89 Å². The zero-order chi connectivity index (χ0) is 29.1. The van der Waals surface area contributed by atoms with Gasteiger partial charge in [0, 0.05) is 11.1 Å². The van der Waals surface area contributed by atoms with Gasteiger partial charge in [-0.3, -0.25) is 24.1 Å². The Morgan fingerprint density at radius 3 is 2.46 bits per heavy atom. The van der Waals surface area contributed by atoms with Crippen LogP contribution in [-0.4, -0.2) is 83.0 Å². The van der Waals surface area contributed by atoms with E-state index < -0.39 is 42.1 Å². The van der Waals surface area contributed by atoms with Crippen molar-refractivity contribution in [3.8, 4) is 17.2 Å². The number of benzene rings is 1. The maximum Gasteiger partial charge on any atom is 0.305 e. The number of hydrogen-bond acceptors (Lipinski definition) is 9. The summed E-state index contributed by atoms with van der Waals surface area (Å²) < 4.78 is 10.6. The van der Waals surface area contributed by atoms with Gasteiger partial charge < -0.3 is 25.0 Å². The first-order chi connectivity index (χ1) is 18.4. The van der Waals surface area contributed by atoms with Crippen LogP contribution in [0.25, 0.3) is 11.5 Å². The van der Waals surface area contributed by atoms with E-state index in [9.17, 15) is 24.3 Å². The normalized spacial score (nSPS) is 12.7. The van der Waals surface area contributed by atoms with Crippen LogP contribution in [0.3, 0.4) is 0 Å². The number of carbonyl (C=O) groups is 4. The molecule has 2 amide bonds. The van der Waals surface area contributed by atoms with Crippen LogP contribution in [0.2, 0.25) is 0 Å². The maximum atomic E-state index is 13.2. The van der Waals surface area contributed by atoms with Crippen molar-refractivity contribution < 1.29 is 33.5 Å². The number of aryl methyl sites for hydroxylation is 1. The van der Waals surface area contributed by atoms with Crippen molar-refractivity contribution in [2.75, 3.05) is 27.2 Å². The Morgan fingerprint density at radius 1 is 1.18 bits per heavy atom. The van der Waals surface area contributed by atoms with E-state index in [1.807, 2.05) is 6.92 Å². The second kappa shape index (κ2) is 15.0. The average Bonchev–Trinajstić information content (AvgIpc) is 3.31. The van der Waals surface area contributed by atoms with Gasteiger partial charge in [0.2, 0.25) is 11.8 Å². The van der Waals surface area contributed by atoms with E-state index in [2.05, 4.69) is 20.8 Å². The van der Waals surface area contributed by atoms with Crippen molar-refractivity contribution >= 4 is 23.6 Å². The number of nitrogens with zero attached hydrogens (tertiary/aromatic N) is 3. The Kier molecular flexibility index (Phi) is 12.1. The quantitative estimate of drug-likeness (QED) is 0.284. The molecular formula is C27H39N5O7. The highest BCUT2D eigenvalue weighted by molar-refractivity contribution is 5.95. The fraction of sp³-hybridized carbons (Fsp3) is 0.556. The van der Waals surface area contributed by atoms with Crippen LogP contribution in [0.5, 0.6) is 5.75 Å². The van der Waals surface area contributed by atoms with E-state index in [4.69, 9.17) is 9.26 Å². The monoisotopic (exact) mass is 545 g/mol. The topological polar surface area (TPSA) is 164 Å². The number of aromatic nitrogens is 2. The number of amides is 2. The number of Topliss-reactive ketones (excluding diaryl/α,β-unsaturated/α-hetero) is 1. The summed E-state index contributed by atoms with van der Waals surface area (Å²) in [7, 11) is 3.25. The predicted molar refractivity (Wildman–Crippen MR) is 143 cm³/mol. The minimum absolute atomic E-state index is 0.00658. The molecule has 1 heterocycles. The van der Waals surface area contributed by atoms with E-state index in [0.29, 0.717) is 35.1 Å². The molecule has 0 spiro atoms. The molecule has 0 aliphatic rings. The first-order valence-electron chi connectivity index (χ1n) is 13.0. The van der Waals surface area contributed by atoms with Gasteiger partial charge in [0.15, 0.2) is 11.6 Å². The lowest BCUT2D eigenvalue weighted by molar-refractivity contribution is -0.141. The van der Waals surface area contributed by atoms with Crippen molar-refractivity contribution in [3.63, 3.8) is 0 Å². The van der Waals surface area contributed by atoms with Crippen molar-refractivity contribution in [2.45, 2.75) is 65.5 Å². The third-order valence-corrected chi connectivity index (χ3v) is 6.07. The zero-order valence-electron chi connectivity index (χ0n) is 23.4. The van der Waals surface area contributed by atoms with E-state index in [1.165, 1.54) is 7.11 Å². The van der Waals surface area contributed by atoms with Gasteiger partial charge >= 0.3 is 5.97 Å². The molecule has 0 aliphatic carbocycles. The number of hydrogen-bond donors (Lipinski definition) is 3. The molecule has 3 N–H and O–H groups in total. The minimum Gasteiger partial charge on any atom is -0.496 e. The smallest absolute Gasteiger partial charge is 0.305 e. The number of methoxy groups -OCH3 is 1. The summed E-state index contributed by atoms with van der Waals surface area (Å²) in [6.07, 6.45) is 1.18. The molecule has 1 aromatic carbocycles. The number of rotatable bonds is 16. The summed E-state index contributed by atoms with van der Waals surface area (Å²) in [4.78, 5) is 56.4. The number of ketones is 1. The number of ether oxygens (including phenoxy) is 1. The fourth-order valence-corrected chi connectivity index (χ4v) is 3.96. The summed E-state index contributed by atoms with van der Waals surface area (Å²) in [6, 6.07) is 2.91. The van der Waals surface area contributed by atoms with Gasteiger partial charge in [-0.1, -0.05) is 32.3 Å². The van der Waals surface area contributed by atoms with Gasteiger partial charge in [0.05, 0.1) is 32.5 Å². The summed E-state index contributed by atoms with van der Waals surface area (Å²) in [6.45, 7) is 7.91. The summed E-state index contributed by atoms with van der Waals surface area (Å²) in [5, 5.41) is 18.4. The molecule has 12 heteroatoms. The summed E-state index contributed by atoms with van der Waals surface area (Å²) >= 11 is 0. The standard InChI is InChI=1S/C27H39N5O7/c1-7-8-11-32(5)15-21(33)20(14-24(35)36)29-26(37)25(16(2)3)30-23(34)13-19-12-18(9-10-22(19)38-6)27-28-17(4)31-39-27/h9-10,12,16,20,25H,7-8,11,13-15H2,1-6H3,(H,29,37)(H,30,34)(H,35,36)/t20-,25-/m0/s1. The molecule has 12 nitrogen and oxygen atoms in total. The number of carboxylic acids is 1. The lowest BCUT2D eigenvalue weighted by atomic mass is 10.0. The molecule has 214 valence electrons. The van der Waals surface area contributed by atoms with Crippen LogP contribution in [-0.2, 0) is 25.6 Å². The van der Waals surface area contributed by atoms with Crippen LogP contribution < -0.4 is 15.4 Å².